The van der Waals surface area contributed by atoms with Crippen molar-refractivity contribution in [3.05, 3.63) is 65.7 Å². The first-order chi connectivity index (χ1) is 11.5. The predicted molar refractivity (Wildman–Crippen MR) is 87.1 cm³/mol. The molecule has 0 aliphatic heterocycles. The van der Waals surface area contributed by atoms with Crippen molar-refractivity contribution in [3.63, 3.8) is 0 Å². The SMILES string of the molecule is CC(=O)N(CCC(=O)Nc1cccc(F)c1)Cc1ccccc1F. The van der Waals surface area contributed by atoms with E-state index in [2.05, 4.69) is 5.32 Å². The second kappa shape index (κ2) is 8.19. The zero-order valence-electron chi connectivity index (χ0n) is 13.3. The lowest BCUT2D eigenvalue weighted by Gasteiger charge is -2.21. The summed E-state index contributed by atoms with van der Waals surface area (Å²) in [5.41, 5.74) is 0.738. The highest BCUT2D eigenvalue weighted by molar-refractivity contribution is 5.91. The van der Waals surface area contributed by atoms with Gasteiger partial charge in [0.15, 0.2) is 0 Å². The third kappa shape index (κ3) is 5.15. The molecule has 4 nitrogen and oxygen atoms in total. The Morgan fingerprint density at radius 3 is 2.50 bits per heavy atom. The van der Waals surface area contributed by atoms with Crippen molar-refractivity contribution in [3.8, 4) is 0 Å². The Labute approximate surface area is 139 Å². The van der Waals surface area contributed by atoms with E-state index in [9.17, 15) is 18.4 Å². The average molecular weight is 332 g/mol. The van der Waals surface area contributed by atoms with Crippen LogP contribution >= 0.6 is 0 Å². The van der Waals surface area contributed by atoms with Gasteiger partial charge in [-0.3, -0.25) is 9.59 Å². The zero-order valence-corrected chi connectivity index (χ0v) is 13.3. The number of benzene rings is 2. The Balaban J connectivity index is 1.92. The molecule has 2 aromatic carbocycles. The molecule has 2 aromatic rings. The van der Waals surface area contributed by atoms with Gasteiger partial charge in [0.1, 0.15) is 11.6 Å². The predicted octanol–water partition coefficient (Wildman–Crippen LogP) is 3.34. The molecule has 0 aliphatic carbocycles. The molecule has 0 atom stereocenters. The number of hydrogen-bond donors (Lipinski definition) is 1. The van der Waals surface area contributed by atoms with Crippen LogP contribution in [-0.4, -0.2) is 23.3 Å². The molecule has 0 radical (unpaired) electrons. The number of amides is 2. The van der Waals surface area contributed by atoms with Crippen molar-refractivity contribution in [1.82, 2.24) is 4.90 Å². The highest BCUT2D eigenvalue weighted by atomic mass is 19.1. The van der Waals surface area contributed by atoms with Crippen LogP contribution in [-0.2, 0) is 16.1 Å². The fraction of sp³-hybridized carbons (Fsp3) is 0.222. The quantitative estimate of drug-likeness (QED) is 0.882. The van der Waals surface area contributed by atoms with Gasteiger partial charge in [-0.25, -0.2) is 8.78 Å². The summed E-state index contributed by atoms with van der Waals surface area (Å²) < 4.78 is 26.8. The molecule has 126 valence electrons. The molecule has 0 unspecified atom stereocenters. The fourth-order valence-corrected chi connectivity index (χ4v) is 2.21. The maximum atomic E-state index is 13.7. The van der Waals surface area contributed by atoms with Gasteiger partial charge in [-0.05, 0) is 24.3 Å². The van der Waals surface area contributed by atoms with Gasteiger partial charge in [0, 0.05) is 37.7 Å². The smallest absolute Gasteiger partial charge is 0.226 e. The normalized spacial score (nSPS) is 10.3. The van der Waals surface area contributed by atoms with E-state index in [1.165, 1.54) is 36.1 Å². The van der Waals surface area contributed by atoms with E-state index in [1.807, 2.05) is 0 Å². The van der Waals surface area contributed by atoms with Gasteiger partial charge in [-0.1, -0.05) is 24.3 Å². The first kappa shape index (κ1) is 17.6. The van der Waals surface area contributed by atoms with Gasteiger partial charge in [0.25, 0.3) is 0 Å². The van der Waals surface area contributed by atoms with E-state index >= 15 is 0 Å². The molecule has 0 fully saturated rings. The minimum Gasteiger partial charge on any atom is -0.338 e. The highest BCUT2D eigenvalue weighted by Crippen LogP contribution is 2.12. The molecule has 0 saturated carbocycles. The molecule has 2 amide bonds. The lowest BCUT2D eigenvalue weighted by atomic mass is 10.2. The summed E-state index contributed by atoms with van der Waals surface area (Å²) in [5.74, 6) is -1.44. The van der Waals surface area contributed by atoms with E-state index in [0.29, 0.717) is 11.3 Å². The van der Waals surface area contributed by atoms with E-state index in [4.69, 9.17) is 0 Å². The van der Waals surface area contributed by atoms with E-state index in [1.54, 1.807) is 24.3 Å². The first-order valence-corrected chi connectivity index (χ1v) is 7.50. The molecule has 0 bridgehead atoms. The van der Waals surface area contributed by atoms with Crippen LogP contribution in [0.15, 0.2) is 48.5 Å². The van der Waals surface area contributed by atoms with E-state index in [-0.39, 0.29) is 31.3 Å². The molecule has 24 heavy (non-hydrogen) atoms. The van der Waals surface area contributed by atoms with Crippen LogP contribution in [0.2, 0.25) is 0 Å². The second-order valence-electron chi connectivity index (χ2n) is 5.34. The third-order valence-electron chi connectivity index (χ3n) is 3.48. The molecular weight excluding hydrogens is 314 g/mol. The number of anilines is 1. The van der Waals surface area contributed by atoms with Crippen molar-refractivity contribution in [2.75, 3.05) is 11.9 Å². The third-order valence-corrected chi connectivity index (χ3v) is 3.48. The standard InChI is InChI=1S/C18H18F2N2O2/c1-13(23)22(12-14-5-2-3-8-17(14)20)10-9-18(24)21-16-7-4-6-15(19)11-16/h2-8,11H,9-10,12H2,1H3,(H,21,24). The van der Waals surface area contributed by atoms with Gasteiger partial charge in [0.2, 0.25) is 11.8 Å². The van der Waals surface area contributed by atoms with Crippen LogP contribution in [0.3, 0.4) is 0 Å². The van der Waals surface area contributed by atoms with Crippen molar-refractivity contribution in [2.45, 2.75) is 19.9 Å². The molecule has 0 aromatic heterocycles. The number of carbonyl (C=O) groups is 2. The Bertz CT molecular complexity index is 734. The van der Waals surface area contributed by atoms with Crippen molar-refractivity contribution < 1.29 is 18.4 Å². The molecule has 0 spiro atoms. The molecule has 0 heterocycles. The number of halogens is 2. The average Bonchev–Trinajstić information content (AvgIpc) is 2.52. The van der Waals surface area contributed by atoms with Gasteiger partial charge in [-0.15, -0.1) is 0 Å². The van der Waals surface area contributed by atoms with Gasteiger partial charge in [-0.2, -0.15) is 0 Å². The summed E-state index contributed by atoms with van der Waals surface area (Å²) in [6.07, 6.45) is 0.0323. The Morgan fingerprint density at radius 2 is 1.83 bits per heavy atom. The summed E-state index contributed by atoms with van der Waals surface area (Å²) in [6.45, 7) is 1.60. The second-order valence-corrected chi connectivity index (χ2v) is 5.34. The molecule has 0 aliphatic rings. The number of hydrogen-bond acceptors (Lipinski definition) is 2. The van der Waals surface area contributed by atoms with Crippen molar-refractivity contribution >= 4 is 17.5 Å². The van der Waals surface area contributed by atoms with Crippen LogP contribution in [0.4, 0.5) is 14.5 Å². The van der Waals surface area contributed by atoms with Crippen LogP contribution in [0.1, 0.15) is 18.9 Å². The Hall–Kier alpha value is -2.76. The van der Waals surface area contributed by atoms with E-state index in [0.717, 1.165) is 0 Å². The van der Waals surface area contributed by atoms with E-state index < -0.39 is 11.6 Å². The summed E-state index contributed by atoms with van der Waals surface area (Å²) in [4.78, 5) is 25.0. The summed E-state index contributed by atoms with van der Waals surface area (Å²) in [6, 6.07) is 11.7. The molecular formula is C18H18F2N2O2. The summed E-state index contributed by atoms with van der Waals surface area (Å²) >= 11 is 0. The fourth-order valence-electron chi connectivity index (χ4n) is 2.21. The van der Waals surface area contributed by atoms with Gasteiger partial charge >= 0.3 is 0 Å². The molecule has 1 N–H and O–H groups in total. The van der Waals surface area contributed by atoms with Crippen molar-refractivity contribution in [1.29, 1.82) is 0 Å². The molecule has 2 rings (SSSR count). The summed E-state index contributed by atoms with van der Waals surface area (Å²) in [5, 5.41) is 2.56. The monoisotopic (exact) mass is 332 g/mol. The minimum atomic E-state index is -0.447. The Kier molecular flexibility index (Phi) is 6.01. The number of nitrogens with zero attached hydrogens (tertiary/aromatic N) is 1. The number of nitrogens with one attached hydrogen (secondary N) is 1. The lowest BCUT2D eigenvalue weighted by molar-refractivity contribution is -0.130. The molecule has 6 heteroatoms. The van der Waals surface area contributed by atoms with Crippen LogP contribution in [0, 0.1) is 11.6 Å². The minimum absolute atomic E-state index is 0.0323. The van der Waals surface area contributed by atoms with Crippen LogP contribution in [0.25, 0.3) is 0 Å². The Morgan fingerprint density at radius 1 is 1.08 bits per heavy atom. The van der Waals surface area contributed by atoms with Crippen LogP contribution in [0.5, 0.6) is 0 Å². The lowest BCUT2D eigenvalue weighted by Crippen LogP contribution is -2.31. The maximum absolute atomic E-state index is 13.7. The van der Waals surface area contributed by atoms with Crippen molar-refractivity contribution in [2.24, 2.45) is 0 Å². The van der Waals surface area contributed by atoms with Gasteiger partial charge in [0.05, 0.1) is 0 Å². The van der Waals surface area contributed by atoms with Crippen LogP contribution < -0.4 is 5.32 Å². The first-order valence-electron chi connectivity index (χ1n) is 7.50. The highest BCUT2D eigenvalue weighted by Gasteiger charge is 2.14. The maximum Gasteiger partial charge on any atom is 0.226 e. The summed E-state index contributed by atoms with van der Waals surface area (Å²) in [7, 11) is 0. The topological polar surface area (TPSA) is 49.4 Å². The number of rotatable bonds is 6. The number of carbonyl (C=O) groups excluding carboxylic acids is 2. The van der Waals surface area contributed by atoms with Gasteiger partial charge < -0.3 is 10.2 Å². The molecule has 0 saturated heterocycles. The largest absolute Gasteiger partial charge is 0.338 e. The zero-order chi connectivity index (χ0) is 17.5.